The van der Waals surface area contributed by atoms with E-state index in [-0.39, 0.29) is 10.9 Å². The number of nitrogen functional groups attached to an aromatic ring is 1. The quantitative estimate of drug-likeness (QED) is 0.760. The van der Waals surface area contributed by atoms with E-state index in [4.69, 9.17) is 5.73 Å². The molecule has 0 aliphatic carbocycles. The number of aryl methyl sites for hydroxylation is 1. The van der Waals surface area contributed by atoms with Crippen molar-refractivity contribution in [3.63, 3.8) is 0 Å². The molecule has 3 N–H and O–H groups in total. The minimum absolute atomic E-state index is 0.0815. The van der Waals surface area contributed by atoms with Crippen LogP contribution in [0, 0.1) is 5.92 Å². The Kier molecular flexibility index (Phi) is 6.02. The van der Waals surface area contributed by atoms with E-state index in [1.165, 1.54) is 6.07 Å². The Labute approximate surface area is 122 Å². The predicted molar refractivity (Wildman–Crippen MR) is 84.1 cm³/mol. The topological polar surface area (TPSA) is 72.2 Å². The number of hydrogen-bond donors (Lipinski definition) is 2. The fourth-order valence-corrected chi connectivity index (χ4v) is 3.50. The van der Waals surface area contributed by atoms with E-state index in [0.29, 0.717) is 11.6 Å². The zero-order valence-electron chi connectivity index (χ0n) is 12.8. The molecule has 0 radical (unpaired) electrons. The lowest BCUT2D eigenvalue weighted by atomic mass is 10.0. The Balaban J connectivity index is 2.86. The summed E-state index contributed by atoms with van der Waals surface area (Å²) in [6.07, 6.45) is 2.67. The molecule has 1 aromatic carbocycles. The highest BCUT2D eigenvalue weighted by atomic mass is 32.2. The molecule has 2 unspecified atom stereocenters. The highest BCUT2D eigenvalue weighted by molar-refractivity contribution is 7.89. The molecule has 0 bridgehead atoms. The molecule has 0 saturated carbocycles. The van der Waals surface area contributed by atoms with Crippen molar-refractivity contribution in [3.05, 3.63) is 23.8 Å². The summed E-state index contributed by atoms with van der Waals surface area (Å²) in [6.45, 7) is 8.12. The van der Waals surface area contributed by atoms with Crippen LogP contribution in [0.15, 0.2) is 23.1 Å². The van der Waals surface area contributed by atoms with E-state index in [1.54, 1.807) is 12.1 Å². The standard InChI is InChI=1S/C15H26N2O2S/c1-5-11(3)9-12(4)17-20(18,19)14-8-7-13(6-2)15(16)10-14/h7-8,10-12,17H,5-6,9,16H2,1-4H3. The normalized spacial score (nSPS) is 15.0. The van der Waals surface area contributed by atoms with E-state index in [2.05, 4.69) is 18.6 Å². The summed E-state index contributed by atoms with van der Waals surface area (Å²) in [4.78, 5) is 0.239. The monoisotopic (exact) mass is 298 g/mol. The van der Waals surface area contributed by atoms with Gasteiger partial charge in [-0.05, 0) is 43.4 Å². The first-order valence-electron chi connectivity index (χ1n) is 7.20. The van der Waals surface area contributed by atoms with Crippen LogP contribution in [-0.4, -0.2) is 14.5 Å². The Bertz CT molecular complexity index is 541. The molecule has 20 heavy (non-hydrogen) atoms. The van der Waals surface area contributed by atoms with Gasteiger partial charge in [0, 0.05) is 11.7 Å². The number of nitrogens with two attached hydrogens (primary N) is 1. The molecule has 0 amide bonds. The molecular formula is C15H26N2O2S. The summed E-state index contributed by atoms with van der Waals surface area (Å²) in [6, 6.07) is 4.86. The molecule has 0 spiro atoms. The van der Waals surface area contributed by atoms with E-state index in [0.717, 1.165) is 24.8 Å². The third-order valence-corrected chi connectivity index (χ3v) is 5.20. The lowest BCUT2D eigenvalue weighted by molar-refractivity contribution is 0.445. The summed E-state index contributed by atoms with van der Waals surface area (Å²) in [7, 11) is -3.49. The summed E-state index contributed by atoms with van der Waals surface area (Å²) < 4.78 is 27.3. The second kappa shape index (κ2) is 7.09. The summed E-state index contributed by atoms with van der Waals surface area (Å²) in [5.74, 6) is 0.500. The zero-order chi connectivity index (χ0) is 15.3. The molecule has 0 heterocycles. The summed E-state index contributed by atoms with van der Waals surface area (Å²) >= 11 is 0. The second-order valence-electron chi connectivity index (χ2n) is 5.49. The number of anilines is 1. The maximum absolute atomic E-state index is 12.3. The van der Waals surface area contributed by atoms with Crippen molar-refractivity contribution >= 4 is 15.7 Å². The highest BCUT2D eigenvalue weighted by Crippen LogP contribution is 2.19. The van der Waals surface area contributed by atoms with Crippen LogP contribution >= 0.6 is 0 Å². The lowest BCUT2D eigenvalue weighted by Crippen LogP contribution is -2.33. The second-order valence-corrected chi connectivity index (χ2v) is 7.20. The number of hydrogen-bond acceptors (Lipinski definition) is 3. The fourth-order valence-electron chi connectivity index (χ4n) is 2.21. The van der Waals surface area contributed by atoms with Crippen molar-refractivity contribution in [1.82, 2.24) is 4.72 Å². The van der Waals surface area contributed by atoms with E-state index < -0.39 is 10.0 Å². The predicted octanol–water partition coefficient (Wildman–Crippen LogP) is 2.93. The average Bonchev–Trinajstić information content (AvgIpc) is 2.37. The first-order valence-corrected chi connectivity index (χ1v) is 8.69. The lowest BCUT2D eigenvalue weighted by Gasteiger charge is -2.18. The molecule has 4 nitrogen and oxygen atoms in total. The number of benzene rings is 1. The maximum atomic E-state index is 12.3. The molecule has 0 aliphatic rings. The van der Waals surface area contributed by atoms with Gasteiger partial charge in [-0.25, -0.2) is 13.1 Å². The zero-order valence-corrected chi connectivity index (χ0v) is 13.6. The molecule has 0 aliphatic heterocycles. The van der Waals surface area contributed by atoms with Crippen LogP contribution in [-0.2, 0) is 16.4 Å². The van der Waals surface area contributed by atoms with Gasteiger partial charge in [0.05, 0.1) is 4.90 Å². The van der Waals surface area contributed by atoms with Crippen LogP contribution in [0.3, 0.4) is 0 Å². The Hall–Kier alpha value is -1.07. The van der Waals surface area contributed by atoms with Crippen LogP contribution in [0.2, 0.25) is 0 Å². The molecule has 0 saturated heterocycles. The van der Waals surface area contributed by atoms with Gasteiger partial charge in [-0.1, -0.05) is 33.3 Å². The van der Waals surface area contributed by atoms with E-state index >= 15 is 0 Å². The molecule has 1 aromatic rings. The number of rotatable bonds is 7. The van der Waals surface area contributed by atoms with Gasteiger partial charge < -0.3 is 5.73 Å². The van der Waals surface area contributed by atoms with Crippen LogP contribution < -0.4 is 10.5 Å². The first kappa shape index (κ1) is 17.0. The van der Waals surface area contributed by atoms with E-state index in [1.807, 2.05) is 13.8 Å². The average molecular weight is 298 g/mol. The molecule has 0 fully saturated rings. The van der Waals surface area contributed by atoms with Crippen LogP contribution in [0.25, 0.3) is 0 Å². The molecule has 1 rings (SSSR count). The van der Waals surface area contributed by atoms with Gasteiger partial charge in [-0.3, -0.25) is 0 Å². The van der Waals surface area contributed by atoms with Gasteiger partial charge in [0.1, 0.15) is 0 Å². The van der Waals surface area contributed by atoms with Gasteiger partial charge in [-0.15, -0.1) is 0 Å². The number of sulfonamides is 1. The minimum Gasteiger partial charge on any atom is -0.398 e. The molecule has 2 atom stereocenters. The van der Waals surface area contributed by atoms with Crippen LogP contribution in [0.1, 0.15) is 46.1 Å². The fraction of sp³-hybridized carbons (Fsp3) is 0.600. The van der Waals surface area contributed by atoms with Crippen molar-refractivity contribution in [1.29, 1.82) is 0 Å². The highest BCUT2D eigenvalue weighted by Gasteiger charge is 2.19. The van der Waals surface area contributed by atoms with Crippen molar-refractivity contribution in [2.24, 2.45) is 5.92 Å². The molecule has 114 valence electrons. The largest absolute Gasteiger partial charge is 0.398 e. The van der Waals surface area contributed by atoms with Crippen LogP contribution in [0.5, 0.6) is 0 Å². The molecule has 5 heteroatoms. The summed E-state index contributed by atoms with van der Waals surface area (Å²) in [5, 5.41) is 0. The van der Waals surface area contributed by atoms with E-state index in [9.17, 15) is 8.42 Å². The van der Waals surface area contributed by atoms with Gasteiger partial charge in [0.25, 0.3) is 0 Å². The molecule has 0 aromatic heterocycles. The Morgan fingerprint density at radius 1 is 1.25 bits per heavy atom. The SMILES string of the molecule is CCc1ccc(S(=O)(=O)NC(C)CC(C)CC)cc1N. The third-order valence-electron chi connectivity index (χ3n) is 3.62. The smallest absolute Gasteiger partial charge is 0.240 e. The van der Waals surface area contributed by atoms with Gasteiger partial charge >= 0.3 is 0 Å². The van der Waals surface area contributed by atoms with Crippen LogP contribution in [0.4, 0.5) is 5.69 Å². The van der Waals surface area contributed by atoms with Gasteiger partial charge in [0.15, 0.2) is 0 Å². The summed E-state index contributed by atoms with van der Waals surface area (Å²) in [5.41, 5.74) is 7.37. The van der Waals surface area contributed by atoms with Crippen molar-refractivity contribution in [3.8, 4) is 0 Å². The van der Waals surface area contributed by atoms with Crippen molar-refractivity contribution < 1.29 is 8.42 Å². The maximum Gasteiger partial charge on any atom is 0.240 e. The van der Waals surface area contributed by atoms with Gasteiger partial charge in [-0.2, -0.15) is 0 Å². The Morgan fingerprint density at radius 3 is 2.40 bits per heavy atom. The Morgan fingerprint density at radius 2 is 1.90 bits per heavy atom. The third kappa shape index (κ3) is 4.49. The number of nitrogens with one attached hydrogen (secondary N) is 1. The first-order chi connectivity index (χ1) is 9.30. The van der Waals surface area contributed by atoms with Crippen molar-refractivity contribution in [2.75, 3.05) is 5.73 Å². The van der Waals surface area contributed by atoms with Gasteiger partial charge in [0.2, 0.25) is 10.0 Å². The molecular weight excluding hydrogens is 272 g/mol. The minimum atomic E-state index is -3.49. The van der Waals surface area contributed by atoms with Crippen molar-refractivity contribution in [2.45, 2.75) is 57.9 Å².